The van der Waals surface area contributed by atoms with Crippen molar-refractivity contribution in [2.45, 2.75) is 31.4 Å². The standard InChI is InChI=1S/C15H17NO4S/c1-2-20-13(17)8-7-10-3-5-11(6-4-10)9-12-14(18)16-15(19)21-12/h3-6,12H,2,7-9H2,1H3,(H,16,18,19). The molecule has 0 radical (unpaired) electrons. The van der Waals surface area contributed by atoms with Gasteiger partial charge in [0.2, 0.25) is 5.91 Å². The van der Waals surface area contributed by atoms with Crippen LogP contribution in [0.1, 0.15) is 24.5 Å². The maximum atomic E-state index is 11.5. The molecular weight excluding hydrogens is 290 g/mol. The Morgan fingerprint density at radius 1 is 1.24 bits per heavy atom. The van der Waals surface area contributed by atoms with Crippen molar-refractivity contribution in [3.63, 3.8) is 0 Å². The summed E-state index contributed by atoms with van der Waals surface area (Å²) in [6.07, 6.45) is 1.53. The number of aryl methyl sites for hydroxylation is 1. The lowest BCUT2D eigenvalue weighted by atomic mass is 10.0. The van der Waals surface area contributed by atoms with Crippen molar-refractivity contribution in [3.05, 3.63) is 35.4 Å². The van der Waals surface area contributed by atoms with Gasteiger partial charge < -0.3 is 4.74 Å². The zero-order valence-corrected chi connectivity index (χ0v) is 12.6. The van der Waals surface area contributed by atoms with Crippen molar-refractivity contribution < 1.29 is 19.1 Å². The number of ether oxygens (including phenoxy) is 1. The second-order valence-electron chi connectivity index (χ2n) is 4.71. The van der Waals surface area contributed by atoms with Crippen molar-refractivity contribution in [1.82, 2.24) is 5.32 Å². The van der Waals surface area contributed by atoms with Gasteiger partial charge in [0.05, 0.1) is 11.9 Å². The Bertz CT molecular complexity index is 541. The van der Waals surface area contributed by atoms with Crippen LogP contribution in [0.5, 0.6) is 0 Å². The summed E-state index contributed by atoms with van der Waals surface area (Å²) in [7, 11) is 0. The molecule has 1 unspecified atom stereocenters. The van der Waals surface area contributed by atoms with E-state index >= 15 is 0 Å². The molecule has 1 atom stereocenters. The summed E-state index contributed by atoms with van der Waals surface area (Å²) < 4.78 is 4.88. The van der Waals surface area contributed by atoms with Crippen LogP contribution < -0.4 is 5.32 Å². The first kappa shape index (κ1) is 15.6. The van der Waals surface area contributed by atoms with E-state index in [1.807, 2.05) is 24.3 Å². The molecule has 1 saturated heterocycles. The van der Waals surface area contributed by atoms with E-state index in [2.05, 4.69) is 5.32 Å². The maximum absolute atomic E-state index is 11.5. The summed E-state index contributed by atoms with van der Waals surface area (Å²) in [4.78, 5) is 33.9. The third kappa shape index (κ3) is 4.60. The highest BCUT2D eigenvalue weighted by Crippen LogP contribution is 2.23. The van der Waals surface area contributed by atoms with Crippen molar-refractivity contribution in [2.24, 2.45) is 0 Å². The molecule has 112 valence electrons. The first-order chi connectivity index (χ1) is 10.1. The minimum atomic E-state index is -0.345. The summed E-state index contributed by atoms with van der Waals surface area (Å²) in [5, 5.41) is 1.65. The molecule has 2 amide bonds. The van der Waals surface area contributed by atoms with Gasteiger partial charge in [-0.15, -0.1) is 0 Å². The Hall–Kier alpha value is -1.82. The van der Waals surface area contributed by atoms with Gasteiger partial charge in [0.1, 0.15) is 0 Å². The van der Waals surface area contributed by atoms with E-state index in [9.17, 15) is 14.4 Å². The molecule has 1 heterocycles. The number of hydrogen-bond donors (Lipinski definition) is 1. The van der Waals surface area contributed by atoms with E-state index in [1.54, 1.807) is 6.92 Å². The highest BCUT2D eigenvalue weighted by atomic mass is 32.2. The number of hydrogen-bond acceptors (Lipinski definition) is 5. The minimum Gasteiger partial charge on any atom is -0.466 e. The number of benzene rings is 1. The van der Waals surface area contributed by atoms with Crippen LogP contribution in [0.2, 0.25) is 0 Å². The number of thioether (sulfide) groups is 1. The van der Waals surface area contributed by atoms with Crippen LogP contribution >= 0.6 is 11.8 Å². The van der Waals surface area contributed by atoms with E-state index in [4.69, 9.17) is 4.74 Å². The van der Waals surface area contributed by atoms with Crippen LogP contribution in [0.4, 0.5) is 4.79 Å². The topological polar surface area (TPSA) is 72.5 Å². The third-order valence-electron chi connectivity index (χ3n) is 3.13. The van der Waals surface area contributed by atoms with Crippen LogP contribution in [0.15, 0.2) is 24.3 Å². The molecule has 2 rings (SSSR count). The number of rotatable bonds is 6. The van der Waals surface area contributed by atoms with Crippen LogP contribution in [0, 0.1) is 0 Å². The lowest BCUT2D eigenvalue weighted by molar-refractivity contribution is -0.143. The first-order valence-electron chi connectivity index (χ1n) is 6.83. The van der Waals surface area contributed by atoms with Crippen molar-refractivity contribution in [3.8, 4) is 0 Å². The number of carbonyl (C=O) groups excluding carboxylic acids is 3. The van der Waals surface area contributed by atoms with Gasteiger partial charge in [-0.1, -0.05) is 36.0 Å². The highest BCUT2D eigenvalue weighted by molar-refractivity contribution is 8.15. The fourth-order valence-electron chi connectivity index (χ4n) is 2.06. The van der Waals surface area contributed by atoms with Crippen LogP contribution in [-0.4, -0.2) is 29.0 Å². The smallest absolute Gasteiger partial charge is 0.306 e. The molecule has 0 aromatic heterocycles. The van der Waals surface area contributed by atoms with E-state index < -0.39 is 0 Å². The zero-order valence-electron chi connectivity index (χ0n) is 11.8. The summed E-state index contributed by atoms with van der Waals surface area (Å²) >= 11 is 1.03. The molecule has 1 aliphatic heterocycles. The van der Waals surface area contributed by atoms with Gasteiger partial charge in [-0.2, -0.15) is 0 Å². The Labute approximate surface area is 127 Å². The lowest BCUT2D eigenvalue weighted by Gasteiger charge is -2.07. The Morgan fingerprint density at radius 3 is 2.48 bits per heavy atom. The fraction of sp³-hybridized carbons (Fsp3) is 0.400. The quantitative estimate of drug-likeness (QED) is 0.815. The largest absolute Gasteiger partial charge is 0.466 e. The molecule has 0 bridgehead atoms. The minimum absolute atomic E-state index is 0.195. The molecule has 1 aliphatic rings. The molecule has 0 spiro atoms. The Balaban J connectivity index is 1.86. The molecule has 21 heavy (non-hydrogen) atoms. The van der Waals surface area contributed by atoms with Gasteiger partial charge >= 0.3 is 5.97 Å². The van der Waals surface area contributed by atoms with Crippen molar-refractivity contribution >= 4 is 28.9 Å². The molecule has 1 N–H and O–H groups in total. The molecular formula is C15H17NO4S. The second kappa shape index (κ2) is 7.26. The molecule has 6 heteroatoms. The van der Waals surface area contributed by atoms with E-state index in [1.165, 1.54) is 0 Å². The number of nitrogens with one attached hydrogen (secondary N) is 1. The summed E-state index contributed by atoms with van der Waals surface area (Å²) in [5.74, 6) is -0.421. The van der Waals surface area contributed by atoms with Gasteiger partial charge in [-0.3, -0.25) is 19.7 Å². The average molecular weight is 307 g/mol. The molecule has 0 saturated carbocycles. The average Bonchev–Trinajstić information content (AvgIpc) is 2.76. The Morgan fingerprint density at radius 2 is 1.90 bits per heavy atom. The van der Waals surface area contributed by atoms with E-state index in [-0.39, 0.29) is 22.4 Å². The SMILES string of the molecule is CCOC(=O)CCc1ccc(CC2SC(=O)NC2=O)cc1. The maximum Gasteiger partial charge on any atom is 0.306 e. The van der Waals surface area contributed by atoms with Gasteiger partial charge in [0.15, 0.2) is 0 Å². The summed E-state index contributed by atoms with van der Waals surface area (Å²) in [6.45, 7) is 2.19. The molecule has 1 fully saturated rings. The summed E-state index contributed by atoms with van der Waals surface area (Å²) in [5.41, 5.74) is 2.05. The van der Waals surface area contributed by atoms with Gasteiger partial charge in [0.25, 0.3) is 5.24 Å². The highest BCUT2D eigenvalue weighted by Gasteiger charge is 2.31. The van der Waals surface area contributed by atoms with Crippen molar-refractivity contribution in [2.75, 3.05) is 6.61 Å². The predicted molar refractivity (Wildman–Crippen MR) is 80.0 cm³/mol. The number of amides is 2. The number of imide groups is 1. The number of esters is 1. The van der Waals surface area contributed by atoms with Crippen LogP contribution in [0.3, 0.4) is 0 Å². The lowest BCUT2D eigenvalue weighted by Crippen LogP contribution is -2.25. The van der Waals surface area contributed by atoms with Crippen molar-refractivity contribution in [1.29, 1.82) is 0 Å². The molecule has 5 nitrogen and oxygen atoms in total. The van der Waals surface area contributed by atoms with Crippen LogP contribution in [-0.2, 0) is 27.2 Å². The van der Waals surface area contributed by atoms with Gasteiger partial charge in [-0.25, -0.2) is 0 Å². The normalized spacial score (nSPS) is 17.7. The molecule has 1 aromatic carbocycles. The van der Waals surface area contributed by atoms with E-state index in [0.717, 1.165) is 22.9 Å². The number of carbonyl (C=O) groups is 3. The fourth-order valence-corrected chi connectivity index (χ4v) is 2.92. The van der Waals surface area contributed by atoms with Gasteiger partial charge in [-0.05, 0) is 30.9 Å². The monoisotopic (exact) mass is 307 g/mol. The van der Waals surface area contributed by atoms with E-state index in [0.29, 0.717) is 25.9 Å². The Kier molecular flexibility index (Phi) is 5.38. The zero-order chi connectivity index (χ0) is 15.2. The van der Waals surface area contributed by atoms with Crippen LogP contribution in [0.25, 0.3) is 0 Å². The second-order valence-corrected chi connectivity index (χ2v) is 5.88. The van der Waals surface area contributed by atoms with Gasteiger partial charge in [0, 0.05) is 6.42 Å². The molecule has 1 aromatic rings. The summed E-state index contributed by atoms with van der Waals surface area (Å²) in [6, 6.07) is 7.73. The third-order valence-corrected chi connectivity index (χ3v) is 4.12. The first-order valence-corrected chi connectivity index (χ1v) is 7.71. The predicted octanol–water partition coefficient (Wildman–Crippen LogP) is 2.08. The molecule has 0 aliphatic carbocycles.